The molecule has 1 saturated heterocycles. The summed E-state index contributed by atoms with van der Waals surface area (Å²) in [4.78, 5) is 17.9. The van der Waals surface area contributed by atoms with E-state index in [1.54, 1.807) is 14.2 Å². The summed E-state index contributed by atoms with van der Waals surface area (Å²) in [7, 11) is 3.26. The van der Waals surface area contributed by atoms with Gasteiger partial charge in [-0.1, -0.05) is 47.6 Å². The molecule has 2 aromatic carbocycles. The average Bonchev–Trinajstić information content (AvgIpc) is 3.31. The van der Waals surface area contributed by atoms with Crippen molar-refractivity contribution in [1.82, 2.24) is 10.1 Å². The van der Waals surface area contributed by atoms with Crippen molar-refractivity contribution in [3.63, 3.8) is 0 Å². The van der Waals surface area contributed by atoms with Crippen LogP contribution in [0.1, 0.15) is 48.5 Å². The number of carbonyl (C=O) groups excluding carboxylic acids is 1. The Morgan fingerprint density at radius 1 is 1.11 bits per heavy atom. The number of hydrogen-bond donors (Lipinski definition) is 0. The lowest BCUT2D eigenvalue weighted by molar-refractivity contribution is 0.0720. The van der Waals surface area contributed by atoms with E-state index < -0.39 is 0 Å². The summed E-state index contributed by atoms with van der Waals surface area (Å²) in [5.41, 5.74) is 3.23. The molecule has 0 radical (unpaired) electrons. The lowest BCUT2D eigenvalue weighted by atomic mass is 10.0. The van der Waals surface area contributed by atoms with E-state index >= 15 is 0 Å². The third kappa shape index (κ3) is 5.68. The van der Waals surface area contributed by atoms with Crippen LogP contribution in [0.2, 0.25) is 0 Å². The third-order valence-electron chi connectivity index (χ3n) is 6.63. The molecule has 1 atom stereocenters. The van der Waals surface area contributed by atoms with E-state index in [9.17, 15) is 4.79 Å². The predicted molar refractivity (Wildman–Crippen MR) is 137 cm³/mol. The van der Waals surface area contributed by atoms with Gasteiger partial charge in [-0.3, -0.25) is 4.79 Å². The van der Waals surface area contributed by atoms with Gasteiger partial charge in [0.2, 0.25) is 5.88 Å². The molecule has 2 heterocycles. The van der Waals surface area contributed by atoms with Crippen LogP contribution in [-0.2, 0) is 11.3 Å². The molecule has 1 fully saturated rings. The molecule has 0 bridgehead atoms. The van der Waals surface area contributed by atoms with E-state index in [1.165, 1.54) is 6.42 Å². The van der Waals surface area contributed by atoms with E-state index in [0.717, 1.165) is 48.5 Å². The minimum absolute atomic E-state index is 0.0867. The van der Waals surface area contributed by atoms with Gasteiger partial charge < -0.3 is 23.8 Å². The summed E-state index contributed by atoms with van der Waals surface area (Å²) < 4.78 is 16.8. The molecule has 186 valence electrons. The number of rotatable bonds is 10. The summed E-state index contributed by atoms with van der Waals surface area (Å²) in [6.07, 6.45) is 4.16. The summed E-state index contributed by atoms with van der Waals surface area (Å²) in [6, 6.07) is 17.7. The predicted octanol–water partition coefficient (Wildman–Crippen LogP) is 5.41. The molecule has 1 aliphatic heterocycles. The zero-order valence-corrected chi connectivity index (χ0v) is 20.9. The molecule has 3 aromatic rings. The number of hydrogen-bond acceptors (Lipinski definition) is 6. The number of aromatic nitrogens is 1. The fourth-order valence-corrected chi connectivity index (χ4v) is 4.73. The van der Waals surface area contributed by atoms with Gasteiger partial charge in [0.15, 0.2) is 0 Å². The van der Waals surface area contributed by atoms with Gasteiger partial charge >= 0.3 is 0 Å². The molecule has 1 amide bonds. The lowest BCUT2D eigenvalue weighted by Gasteiger charge is -2.34. The van der Waals surface area contributed by atoms with E-state index in [-0.39, 0.29) is 5.91 Å². The second-order valence-corrected chi connectivity index (χ2v) is 8.99. The monoisotopic (exact) mass is 477 g/mol. The number of benzene rings is 2. The first kappa shape index (κ1) is 24.8. The summed E-state index contributed by atoms with van der Waals surface area (Å²) in [6.45, 7) is 4.64. The molecule has 0 spiro atoms. The van der Waals surface area contributed by atoms with Crippen molar-refractivity contribution in [2.45, 2.75) is 45.2 Å². The third-order valence-corrected chi connectivity index (χ3v) is 6.63. The fourth-order valence-electron chi connectivity index (χ4n) is 4.73. The van der Waals surface area contributed by atoms with E-state index in [0.29, 0.717) is 37.1 Å². The van der Waals surface area contributed by atoms with Crippen molar-refractivity contribution in [3.8, 4) is 17.0 Å². The van der Waals surface area contributed by atoms with Crippen LogP contribution in [0.5, 0.6) is 5.75 Å². The molecule has 1 aliphatic rings. The van der Waals surface area contributed by atoms with Gasteiger partial charge in [-0.25, -0.2) is 0 Å². The van der Waals surface area contributed by atoms with E-state index in [1.807, 2.05) is 59.5 Å². The highest BCUT2D eigenvalue weighted by molar-refractivity contribution is 5.97. The fraction of sp³-hybridized carbons (Fsp3) is 0.429. The molecule has 0 aliphatic carbocycles. The highest BCUT2D eigenvalue weighted by Gasteiger charge is 2.30. The van der Waals surface area contributed by atoms with Crippen LogP contribution in [0.4, 0.5) is 5.88 Å². The highest BCUT2D eigenvalue weighted by Crippen LogP contribution is 2.36. The van der Waals surface area contributed by atoms with Crippen molar-refractivity contribution in [1.29, 1.82) is 0 Å². The first-order valence-corrected chi connectivity index (χ1v) is 12.4. The van der Waals surface area contributed by atoms with Gasteiger partial charge in [0, 0.05) is 38.4 Å². The number of carbonyl (C=O) groups is 1. The lowest BCUT2D eigenvalue weighted by Crippen LogP contribution is -2.38. The number of ether oxygens (including phenoxy) is 2. The topological polar surface area (TPSA) is 68.0 Å². The largest absolute Gasteiger partial charge is 0.496 e. The van der Waals surface area contributed by atoms with Gasteiger partial charge in [0.25, 0.3) is 5.91 Å². The average molecular weight is 478 g/mol. The molecule has 4 rings (SSSR count). The number of anilines is 1. The van der Waals surface area contributed by atoms with Crippen LogP contribution in [0.15, 0.2) is 59.1 Å². The Morgan fingerprint density at radius 3 is 2.63 bits per heavy atom. The van der Waals surface area contributed by atoms with Crippen molar-refractivity contribution in [2.75, 3.05) is 38.8 Å². The highest BCUT2D eigenvalue weighted by atomic mass is 16.5. The number of methoxy groups -OCH3 is 2. The maximum Gasteiger partial charge on any atom is 0.257 e. The van der Waals surface area contributed by atoms with Gasteiger partial charge in [-0.05, 0) is 44.7 Å². The maximum atomic E-state index is 13.8. The Bertz CT molecular complexity index is 1100. The second kappa shape index (κ2) is 11.9. The number of piperidine rings is 1. The minimum atomic E-state index is -0.0867. The molecule has 0 unspecified atom stereocenters. The Balaban J connectivity index is 1.74. The molecule has 7 nitrogen and oxygen atoms in total. The molecule has 35 heavy (non-hydrogen) atoms. The summed E-state index contributed by atoms with van der Waals surface area (Å²) in [5.74, 6) is 1.24. The van der Waals surface area contributed by atoms with Crippen LogP contribution in [0.25, 0.3) is 11.3 Å². The Morgan fingerprint density at radius 2 is 1.89 bits per heavy atom. The summed E-state index contributed by atoms with van der Waals surface area (Å²) >= 11 is 0. The van der Waals surface area contributed by atoms with Gasteiger partial charge in [0.1, 0.15) is 11.4 Å². The molecule has 0 N–H and O–H groups in total. The first-order chi connectivity index (χ1) is 17.1. The normalized spacial score (nSPS) is 15.7. The van der Waals surface area contributed by atoms with Crippen molar-refractivity contribution in [3.05, 3.63) is 65.7 Å². The number of nitrogens with zero attached hydrogens (tertiary/aromatic N) is 3. The summed E-state index contributed by atoms with van der Waals surface area (Å²) in [5, 5.41) is 4.51. The standard InChI is InChI=1S/C28H35N3O4/c1-21-12-9-10-18-31(21)28-24(26(29-35-28)22-13-5-4-6-14-22)20-30(17-11-19-33-2)27(32)23-15-7-8-16-25(23)34-3/h4-8,13-16,21H,9-12,17-20H2,1-3H3/t21-/m0/s1. The Hall–Kier alpha value is -3.32. The van der Waals surface area contributed by atoms with Gasteiger partial charge in [0.05, 0.1) is 24.8 Å². The zero-order valence-electron chi connectivity index (χ0n) is 20.9. The van der Waals surface area contributed by atoms with Crippen LogP contribution in [0, 0.1) is 0 Å². The molecular formula is C28H35N3O4. The first-order valence-electron chi connectivity index (χ1n) is 12.4. The quantitative estimate of drug-likeness (QED) is 0.364. The van der Waals surface area contributed by atoms with Crippen LogP contribution < -0.4 is 9.64 Å². The van der Waals surface area contributed by atoms with Crippen molar-refractivity contribution in [2.24, 2.45) is 0 Å². The van der Waals surface area contributed by atoms with E-state index in [4.69, 9.17) is 14.0 Å². The SMILES string of the molecule is COCCCN(Cc1c(-c2ccccc2)noc1N1CCCC[C@@H]1C)C(=O)c1ccccc1OC. The molecule has 7 heteroatoms. The van der Waals surface area contributed by atoms with Crippen molar-refractivity contribution >= 4 is 11.8 Å². The molecule has 1 aromatic heterocycles. The Kier molecular flexibility index (Phi) is 8.42. The Labute approximate surface area is 207 Å². The zero-order chi connectivity index (χ0) is 24.6. The van der Waals surface area contributed by atoms with Gasteiger partial charge in [-0.15, -0.1) is 0 Å². The van der Waals surface area contributed by atoms with Crippen LogP contribution in [-0.4, -0.2) is 55.9 Å². The van der Waals surface area contributed by atoms with E-state index in [2.05, 4.69) is 17.0 Å². The van der Waals surface area contributed by atoms with Crippen LogP contribution in [0.3, 0.4) is 0 Å². The number of para-hydroxylation sites is 1. The van der Waals surface area contributed by atoms with Crippen LogP contribution >= 0.6 is 0 Å². The number of amides is 1. The second-order valence-electron chi connectivity index (χ2n) is 8.99. The van der Waals surface area contributed by atoms with Gasteiger partial charge in [-0.2, -0.15) is 0 Å². The molecular weight excluding hydrogens is 442 g/mol. The van der Waals surface area contributed by atoms with Crippen molar-refractivity contribution < 1.29 is 18.8 Å². The maximum absolute atomic E-state index is 13.8. The molecule has 0 saturated carbocycles. The minimum Gasteiger partial charge on any atom is -0.496 e. The smallest absolute Gasteiger partial charge is 0.257 e.